The van der Waals surface area contributed by atoms with Gasteiger partial charge in [-0.2, -0.15) is 0 Å². The van der Waals surface area contributed by atoms with Crippen LogP contribution in [0.15, 0.2) is 30.4 Å². The summed E-state index contributed by atoms with van der Waals surface area (Å²) in [5.41, 5.74) is 1.18. The Labute approximate surface area is 121 Å². The first-order valence-corrected chi connectivity index (χ1v) is 6.87. The van der Waals surface area contributed by atoms with Crippen molar-refractivity contribution < 1.29 is 19.5 Å². The van der Waals surface area contributed by atoms with Gasteiger partial charge in [-0.25, -0.2) is 9.69 Å². The summed E-state index contributed by atoms with van der Waals surface area (Å²) in [5, 5.41) is 9.08. The van der Waals surface area contributed by atoms with Crippen molar-refractivity contribution in [2.24, 2.45) is 11.8 Å². The van der Waals surface area contributed by atoms with E-state index in [9.17, 15) is 14.4 Å². The summed E-state index contributed by atoms with van der Waals surface area (Å²) in [5.74, 6) is -2.14. The van der Waals surface area contributed by atoms with E-state index in [1.807, 2.05) is 12.2 Å². The van der Waals surface area contributed by atoms with Crippen LogP contribution in [0.5, 0.6) is 0 Å². The van der Waals surface area contributed by atoms with Crippen LogP contribution in [0.3, 0.4) is 0 Å². The Morgan fingerprint density at radius 1 is 1.14 bits per heavy atom. The number of carbonyl (C=O) groups excluding carboxylic acids is 2. The Hall–Kier alpha value is -2.43. The largest absolute Gasteiger partial charge is 0.478 e. The number of amides is 2. The van der Waals surface area contributed by atoms with Crippen LogP contribution in [-0.4, -0.2) is 22.9 Å². The first-order valence-electron chi connectivity index (χ1n) is 6.87. The van der Waals surface area contributed by atoms with Crippen molar-refractivity contribution in [2.45, 2.75) is 19.8 Å². The van der Waals surface area contributed by atoms with Crippen LogP contribution in [-0.2, 0) is 9.59 Å². The minimum atomic E-state index is -1.07. The van der Waals surface area contributed by atoms with E-state index >= 15 is 0 Å². The zero-order valence-electron chi connectivity index (χ0n) is 11.6. The third-order valence-corrected chi connectivity index (χ3v) is 4.20. The third kappa shape index (κ3) is 2.05. The number of nitrogens with zero attached hydrogens (tertiary/aromatic N) is 1. The summed E-state index contributed by atoms with van der Waals surface area (Å²) in [6.07, 6.45) is 5.00. The molecule has 1 fully saturated rings. The van der Waals surface area contributed by atoms with E-state index < -0.39 is 5.97 Å². The topological polar surface area (TPSA) is 74.7 Å². The van der Waals surface area contributed by atoms with E-state index in [1.165, 1.54) is 17.0 Å². The normalized spacial score (nSPS) is 24.3. The van der Waals surface area contributed by atoms with Gasteiger partial charge < -0.3 is 5.11 Å². The second kappa shape index (κ2) is 4.84. The molecule has 1 aromatic rings. The highest BCUT2D eigenvalue weighted by molar-refractivity contribution is 6.22. The molecule has 1 aliphatic heterocycles. The van der Waals surface area contributed by atoms with Crippen LogP contribution < -0.4 is 4.90 Å². The van der Waals surface area contributed by atoms with Gasteiger partial charge in [0.05, 0.1) is 23.1 Å². The summed E-state index contributed by atoms with van der Waals surface area (Å²) >= 11 is 0. The Balaban J connectivity index is 2.05. The first-order chi connectivity index (χ1) is 10.0. The number of allylic oxidation sites excluding steroid dienone is 2. The molecule has 3 rings (SSSR count). The van der Waals surface area contributed by atoms with E-state index in [4.69, 9.17) is 5.11 Å². The summed E-state index contributed by atoms with van der Waals surface area (Å²) in [6, 6.07) is 4.50. The Morgan fingerprint density at radius 3 is 2.24 bits per heavy atom. The molecule has 1 heterocycles. The third-order valence-electron chi connectivity index (χ3n) is 4.20. The van der Waals surface area contributed by atoms with Crippen molar-refractivity contribution in [3.8, 4) is 0 Å². The SMILES string of the molecule is Cc1ccc(C(=O)O)cc1N1C(=O)[C@@H]2CC=CC[C@H]2C1=O. The second-order valence-corrected chi connectivity index (χ2v) is 5.47. The molecule has 2 amide bonds. The summed E-state index contributed by atoms with van der Waals surface area (Å²) in [6.45, 7) is 1.77. The van der Waals surface area contributed by atoms with Gasteiger partial charge in [-0.15, -0.1) is 0 Å². The van der Waals surface area contributed by atoms with E-state index in [0.29, 0.717) is 24.1 Å². The van der Waals surface area contributed by atoms with Crippen molar-refractivity contribution in [3.05, 3.63) is 41.5 Å². The Kier molecular flexibility index (Phi) is 3.12. The molecule has 0 spiro atoms. The molecule has 2 atom stereocenters. The van der Waals surface area contributed by atoms with Crippen molar-refractivity contribution in [2.75, 3.05) is 4.90 Å². The molecule has 1 N–H and O–H groups in total. The minimum Gasteiger partial charge on any atom is -0.478 e. The molecule has 1 saturated heterocycles. The zero-order chi connectivity index (χ0) is 15.1. The molecule has 21 heavy (non-hydrogen) atoms. The van der Waals surface area contributed by atoms with Crippen molar-refractivity contribution >= 4 is 23.5 Å². The molecule has 1 aromatic carbocycles. The van der Waals surface area contributed by atoms with Crippen LogP contribution in [0.4, 0.5) is 5.69 Å². The fraction of sp³-hybridized carbons (Fsp3) is 0.312. The summed E-state index contributed by atoms with van der Waals surface area (Å²) < 4.78 is 0. The quantitative estimate of drug-likeness (QED) is 0.667. The minimum absolute atomic E-state index is 0.0733. The van der Waals surface area contributed by atoms with Crippen molar-refractivity contribution in [1.29, 1.82) is 0 Å². The van der Waals surface area contributed by atoms with Gasteiger partial charge in [0.25, 0.3) is 0 Å². The lowest BCUT2D eigenvalue weighted by molar-refractivity contribution is -0.122. The predicted octanol–water partition coefficient (Wildman–Crippen LogP) is 2.15. The van der Waals surface area contributed by atoms with Crippen LogP contribution >= 0.6 is 0 Å². The molecule has 5 nitrogen and oxygen atoms in total. The van der Waals surface area contributed by atoms with E-state index in [1.54, 1.807) is 13.0 Å². The number of carboxylic acid groups (broad SMARTS) is 1. The molecule has 0 aromatic heterocycles. The molecule has 0 bridgehead atoms. The lowest BCUT2D eigenvalue weighted by Crippen LogP contribution is -2.31. The van der Waals surface area contributed by atoms with E-state index in [-0.39, 0.29) is 29.2 Å². The zero-order valence-corrected chi connectivity index (χ0v) is 11.6. The Bertz CT molecular complexity index is 651. The maximum absolute atomic E-state index is 12.5. The number of carbonyl (C=O) groups is 3. The lowest BCUT2D eigenvalue weighted by atomic mass is 9.85. The van der Waals surface area contributed by atoms with Gasteiger partial charge in [0.2, 0.25) is 11.8 Å². The van der Waals surface area contributed by atoms with Gasteiger partial charge in [0.15, 0.2) is 0 Å². The molecule has 2 aliphatic rings. The molecular weight excluding hydrogens is 270 g/mol. The van der Waals surface area contributed by atoms with Gasteiger partial charge in [-0.05, 0) is 37.5 Å². The number of anilines is 1. The highest BCUT2D eigenvalue weighted by Gasteiger charge is 2.48. The average molecular weight is 285 g/mol. The van der Waals surface area contributed by atoms with Crippen LogP contribution in [0.1, 0.15) is 28.8 Å². The molecule has 1 aliphatic carbocycles. The van der Waals surface area contributed by atoms with Gasteiger partial charge in [0.1, 0.15) is 0 Å². The summed E-state index contributed by atoms with van der Waals surface area (Å²) in [7, 11) is 0. The molecular formula is C16H15NO4. The summed E-state index contributed by atoms with van der Waals surface area (Å²) in [4.78, 5) is 37.3. The van der Waals surface area contributed by atoms with E-state index in [2.05, 4.69) is 0 Å². The van der Waals surface area contributed by atoms with Crippen molar-refractivity contribution in [3.63, 3.8) is 0 Å². The lowest BCUT2D eigenvalue weighted by Gasteiger charge is -2.18. The maximum atomic E-state index is 12.5. The van der Waals surface area contributed by atoms with Crippen molar-refractivity contribution in [1.82, 2.24) is 0 Å². The number of benzene rings is 1. The first kappa shape index (κ1) is 13.5. The molecule has 108 valence electrons. The van der Waals surface area contributed by atoms with E-state index in [0.717, 1.165) is 0 Å². The number of rotatable bonds is 2. The predicted molar refractivity (Wildman–Crippen MR) is 76.0 cm³/mol. The number of aromatic carboxylic acids is 1. The standard InChI is InChI=1S/C16H15NO4/c1-9-6-7-10(16(20)21)8-13(9)17-14(18)11-4-2-3-5-12(11)15(17)19/h2-3,6-8,11-12H,4-5H2,1H3,(H,20,21)/t11-,12-/m1/s1. The Morgan fingerprint density at radius 2 is 1.71 bits per heavy atom. The molecule has 0 radical (unpaired) electrons. The average Bonchev–Trinajstić information content (AvgIpc) is 2.72. The van der Waals surface area contributed by atoms with Crippen LogP contribution in [0, 0.1) is 18.8 Å². The fourth-order valence-electron chi connectivity index (χ4n) is 3.02. The number of imide groups is 1. The van der Waals surface area contributed by atoms with Gasteiger partial charge >= 0.3 is 5.97 Å². The molecule has 5 heteroatoms. The number of fused-ring (bicyclic) bond motifs is 1. The van der Waals surface area contributed by atoms with Gasteiger partial charge in [0, 0.05) is 0 Å². The maximum Gasteiger partial charge on any atom is 0.335 e. The molecule has 0 unspecified atom stereocenters. The molecule has 0 saturated carbocycles. The highest BCUT2D eigenvalue weighted by atomic mass is 16.4. The van der Waals surface area contributed by atoms with Crippen LogP contribution in [0.25, 0.3) is 0 Å². The van der Waals surface area contributed by atoms with Crippen LogP contribution in [0.2, 0.25) is 0 Å². The number of carboxylic acids is 1. The highest BCUT2D eigenvalue weighted by Crippen LogP contribution is 2.38. The monoisotopic (exact) mass is 285 g/mol. The number of aryl methyl sites for hydroxylation is 1. The number of hydrogen-bond acceptors (Lipinski definition) is 3. The second-order valence-electron chi connectivity index (χ2n) is 5.47. The van der Waals surface area contributed by atoms with Gasteiger partial charge in [-0.3, -0.25) is 9.59 Å². The van der Waals surface area contributed by atoms with Gasteiger partial charge in [-0.1, -0.05) is 18.2 Å². The number of hydrogen-bond donors (Lipinski definition) is 1. The fourth-order valence-corrected chi connectivity index (χ4v) is 3.02. The smallest absolute Gasteiger partial charge is 0.335 e.